The average Bonchev–Trinajstić information content (AvgIpc) is 2.43. The van der Waals surface area contributed by atoms with Crippen LogP contribution in [0.3, 0.4) is 0 Å². The Labute approximate surface area is 125 Å². The Morgan fingerprint density at radius 2 is 1.57 bits per heavy atom. The minimum atomic E-state index is -1.71. The van der Waals surface area contributed by atoms with E-state index in [0.717, 1.165) is 0 Å². The van der Waals surface area contributed by atoms with Gasteiger partial charge in [0.2, 0.25) is 0 Å². The molecule has 0 radical (unpaired) electrons. The number of aliphatic hydroxyl groups is 2. The molecule has 6 heteroatoms. The SMILES string of the molecule is C=C(C)C(=O)OC(CCC)C(CO)(CO)OC(=O)C(=C)C. The van der Waals surface area contributed by atoms with Crippen LogP contribution in [0.5, 0.6) is 0 Å². The van der Waals surface area contributed by atoms with E-state index < -0.39 is 36.9 Å². The van der Waals surface area contributed by atoms with Gasteiger partial charge in [0, 0.05) is 11.1 Å². The summed E-state index contributed by atoms with van der Waals surface area (Å²) in [5.74, 6) is -1.45. The molecule has 0 rings (SSSR count). The van der Waals surface area contributed by atoms with E-state index in [1.807, 2.05) is 6.92 Å². The molecule has 0 aliphatic rings. The molecule has 120 valence electrons. The van der Waals surface area contributed by atoms with Crippen molar-refractivity contribution in [2.45, 2.75) is 45.3 Å². The summed E-state index contributed by atoms with van der Waals surface area (Å²) in [5.41, 5.74) is -1.42. The molecule has 0 spiro atoms. The Morgan fingerprint density at radius 3 is 1.90 bits per heavy atom. The Hall–Kier alpha value is -1.66. The van der Waals surface area contributed by atoms with Gasteiger partial charge in [-0.1, -0.05) is 26.5 Å². The van der Waals surface area contributed by atoms with Crippen LogP contribution >= 0.6 is 0 Å². The van der Waals surface area contributed by atoms with Gasteiger partial charge in [0.15, 0.2) is 5.60 Å². The molecule has 0 aromatic carbocycles. The fourth-order valence-electron chi connectivity index (χ4n) is 1.58. The van der Waals surface area contributed by atoms with Crippen LogP contribution < -0.4 is 0 Å². The second-order valence-electron chi connectivity index (χ2n) is 5.01. The normalized spacial score (nSPS) is 12.4. The molecule has 0 fully saturated rings. The number of hydrogen-bond acceptors (Lipinski definition) is 6. The number of esters is 2. The maximum absolute atomic E-state index is 11.7. The second-order valence-corrected chi connectivity index (χ2v) is 5.01. The Kier molecular flexibility index (Phi) is 7.91. The first kappa shape index (κ1) is 19.3. The lowest BCUT2D eigenvalue weighted by Crippen LogP contribution is -2.54. The third kappa shape index (κ3) is 5.32. The van der Waals surface area contributed by atoms with Crippen molar-refractivity contribution in [2.24, 2.45) is 0 Å². The van der Waals surface area contributed by atoms with Gasteiger partial charge in [-0.2, -0.15) is 0 Å². The van der Waals surface area contributed by atoms with Gasteiger partial charge < -0.3 is 19.7 Å². The fraction of sp³-hybridized carbons (Fsp3) is 0.600. The fourth-order valence-corrected chi connectivity index (χ4v) is 1.58. The molecule has 1 unspecified atom stereocenters. The molecule has 0 saturated carbocycles. The van der Waals surface area contributed by atoms with E-state index in [9.17, 15) is 19.8 Å². The van der Waals surface area contributed by atoms with E-state index in [4.69, 9.17) is 9.47 Å². The van der Waals surface area contributed by atoms with E-state index in [0.29, 0.717) is 12.8 Å². The highest BCUT2D eigenvalue weighted by atomic mass is 16.6. The minimum Gasteiger partial charge on any atom is -0.455 e. The van der Waals surface area contributed by atoms with E-state index in [-0.39, 0.29) is 11.1 Å². The highest BCUT2D eigenvalue weighted by molar-refractivity contribution is 5.88. The van der Waals surface area contributed by atoms with E-state index in [2.05, 4.69) is 13.2 Å². The molecule has 0 aliphatic carbocycles. The van der Waals surface area contributed by atoms with Crippen LogP contribution in [0.1, 0.15) is 33.6 Å². The summed E-state index contributed by atoms with van der Waals surface area (Å²) in [4.78, 5) is 23.4. The van der Waals surface area contributed by atoms with Gasteiger partial charge in [-0.15, -0.1) is 0 Å². The summed E-state index contributed by atoms with van der Waals surface area (Å²) in [6.45, 7) is 10.3. The maximum atomic E-state index is 11.7. The molecule has 1 atom stereocenters. The Morgan fingerprint density at radius 1 is 1.10 bits per heavy atom. The first-order valence-corrected chi connectivity index (χ1v) is 6.71. The quantitative estimate of drug-likeness (QED) is 0.489. The number of ether oxygens (including phenoxy) is 2. The maximum Gasteiger partial charge on any atom is 0.333 e. The summed E-state index contributed by atoms with van der Waals surface area (Å²) < 4.78 is 10.4. The van der Waals surface area contributed by atoms with Crippen molar-refractivity contribution in [2.75, 3.05) is 13.2 Å². The number of carbonyl (C=O) groups is 2. The lowest BCUT2D eigenvalue weighted by molar-refractivity contribution is -0.198. The molecule has 0 heterocycles. The smallest absolute Gasteiger partial charge is 0.333 e. The van der Waals surface area contributed by atoms with Crippen molar-refractivity contribution in [1.29, 1.82) is 0 Å². The molecule has 2 N–H and O–H groups in total. The van der Waals surface area contributed by atoms with Crippen molar-refractivity contribution in [1.82, 2.24) is 0 Å². The molecular weight excluding hydrogens is 276 g/mol. The van der Waals surface area contributed by atoms with Gasteiger partial charge in [-0.05, 0) is 20.3 Å². The highest BCUT2D eigenvalue weighted by Gasteiger charge is 2.44. The topological polar surface area (TPSA) is 93.1 Å². The van der Waals surface area contributed by atoms with Crippen LogP contribution in [0.4, 0.5) is 0 Å². The van der Waals surface area contributed by atoms with Crippen LogP contribution in [0.25, 0.3) is 0 Å². The van der Waals surface area contributed by atoms with E-state index >= 15 is 0 Å². The highest BCUT2D eigenvalue weighted by Crippen LogP contribution is 2.25. The number of carbonyl (C=O) groups excluding carboxylic acids is 2. The monoisotopic (exact) mass is 300 g/mol. The summed E-state index contributed by atoms with van der Waals surface area (Å²) in [6.07, 6.45) is -0.0746. The number of rotatable bonds is 9. The molecular formula is C15H24O6. The van der Waals surface area contributed by atoms with Crippen molar-refractivity contribution < 1.29 is 29.3 Å². The molecule has 6 nitrogen and oxygen atoms in total. The average molecular weight is 300 g/mol. The number of aliphatic hydroxyl groups excluding tert-OH is 2. The standard InChI is InChI=1S/C15H24O6/c1-6-7-12(20-13(18)10(2)3)15(8-16,9-17)21-14(19)11(4)5/h12,16-17H,2,4,6-9H2,1,3,5H3. The molecule has 0 aliphatic heterocycles. The molecule has 21 heavy (non-hydrogen) atoms. The Balaban J connectivity index is 5.39. The van der Waals surface area contributed by atoms with Crippen molar-refractivity contribution in [3.63, 3.8) is 0 Å². The van der Waals surface area contributed by atoms with Crippen molar-refractivity contribution in [3.05, 3.63) is 24.3 Å². The summed E-state index contributed by atoms with van der Waals surface area (Å²) in [7, 11) is 0. The van der Waals surface area contributed by atoms with Gasteiger partial charge in [-0.3, -0.25) is 0 Å². The van der Waals surface area contributed by atoms with Crippen LogP contribution in [0.15, 0.2) is 24.3 Å². The predicted octanol–water partition coefficient (Wildman–Crippen LogP) is 1.12. The first-order chi connectivity index (χ1) is 9.73. The van der Waals surface area contributed by atoms with E-state index in [1.54, 1.807) is 0 Å². The molecule has 0 bridgehead atoms. The zero-order chi connectivity index (χ0) is 16.6. The van der Waals surface area contributed by atoms with Crippen LogP contribution in [-0.2, 0) is 19.1 Å². The third-order valence-corrected chi connectivity index (χ3v) is 2.92. The lowest BCUT2D eigenvalue weighted by atomic mass is 9.94. The van der Waals surface area contributed by atoms with Crippen molar-refractivity contribution in [3.8, 4) is 0 Å². The van der Waals surface area contributed by atoms with Gasteiger partial charge in [0.1, 0.15) is 6.10 Å². The van der Waals surface area contributed by atoms with Gasteiger partial charge >= 0.3 is 11.9 Å². The predicted molar refractivity (Wildman–Crippen MR) is 77.4 cm³/mol. The van der Waals surface area contributed by atoms with Crippen LogP contribution in [-0.4, -0.2) is 47.1 Å². The molecule has 0 saturated heterocycles. The van der Waals surface area contributed by atoms with Crippen molar-refractivity contribution >= 4 is 11.9 Å². The molecule has 0 aromatic rings. The summed E-state index contributed by atoms with van der Waals surface area (Å²) in [5, 5.41) is 19.2. The zero-order valence-corrected chi connectivity index (χ0v) is 12.8. The van der Waals surface area contributed by atoms with Crippen LogP contribution in [0.2, 0.25) is 0 Å². The van der Waals surface area contributed by atoms with Gasteiger partial charge in [0.25, 0.3) is 0 Å². The third-order valence-electron chi connectivity index (χ3n) is 2.92. The summed E-state index contributed by atoms with van der Waals surface area (Å²) >= 11 is 0. The summed E-state index contributed by atoms with van der Waals surface area (Å²) in [6, 6.07) is 0. The molecule has 0 aromatic heterocycles. The minimum absolute atomic E-state index is 0.114. The second kappa shape index (κ2) is 8.59. The lowest BCUT2D eigenvalue weighted by Gasteiger charge is -2.36. The molecule has 0 amide bonds. The largest absolute Gasteiger partial charge is 0.455 e. The van der Waals surface area contributed by atoms with Crippen LogP contribution in [0, 0.1) is 0 Å². The van der Waals surface area contributed by atoms with Gasteiger partial charge in [-0.25, -0.2) is 9.59 Å². The Bertz CT molecular complexity index is 408. The van der Waals surface area contributed by atoms with E-state index in [1.165, 1.54) is 13.8 Å². The zero-order valence-electron chi connectivity index (χ0n) is 12.8. The van der Waals surface area contributed by atoms with Gasteiger partial charge in [0.05, 0.1) is 13.2 Å². The first-order valence-electron chi connectivity index (χ1n) is 6.71. The number of hydrogen-bond donors (Lipinski definition) is 2.